The van der Waals surface area contributed by atoms with E-state index in [9.17, 15) is 17.2 Å². The van der Waals surface area contributed by atoms with Crippen LogP contribution in [-0.4, -0.2) is 54.2 Å². The summed E-state index contributed by atoms with van der Waals surface area (Å²) >= 11 is 4.51. The molecule has 3 N–H and O–H groups in total. The van der Waals surface area contributed by atoms with E-state index < -0.39 is 41.4 Å². The van der Waals surface area contributed by atoms with Crippen LogP contribution in [0.2, 0.25) is 0 Å². The maximum Gasteiger partial charge on any atom is 0.252 e. The first kappa shape index (κ1) is 15.6. The van der Waals surface area contributed by atoms with E-state index in [2.05, 4.69) is 12.2 Å². The zero-order chi connectivity index (χ0) is 12.9. The van der Waals surface area contributed by atoms with Crippen LogP contribution < -0.4 is 5.73 Å². The van der Waals surface area contributed by atoms with E-state index in [4.69, 9.17) is 10.8 Å². The molecular formula is C7H14F2N2O3S2. The van der Waals surface area contributed by atoms with Crippen molar-refractivity contribution in [3.05, 3.63) is 0 Å². The average Bonchev–Trinajstić information content (AvgIpc) is 2.15. The van der Waals surface area contributed by atoms with Crippen molar-refractivity contribution in [2.45, 2.75) is 18.6 Å². The first-order chi connectivity index (χ1) is 7.23. The second-order valence-electron chi connectivity index (χ2n) is 3.06. The van der Waals surface area contributed by atoms with E-state index in [0.717, 1.165) is 0 Å². The third kappa shape index (κ3) is 4.24. The number of rotatable bonds is 7. The Morgan fingerprint density at radius 3 is 2.38 bits per heavy atom. The summed E-state index contributed by atoms with van der Waals surface area (Å²) in [6.07, 6.45) is -2.82. The van der Waals surface area contributed by atoms with Crippen molar-refractivity contribution < 1.29 is 22.3 Å². The third-order valence-corrected chi connectivity index (χ3v) is 4.60. The van der Waals surface area contributed by atoms with Crippen molar-refractivity contribution in [2.75, 3.05) is 19.7 Å². The van der Waals surface area contributed by atoms with Gasteiger partial charge in [-0.1, -0.05) is 12.2 Å². The average molecular weight is 276 g/mol. The van der Waals surface area contributed by atoms with Crippen molar-refractivity contribution in [1.82, 2.24) is 4.31 Å². The molecule has 0 aliphatic rings. The molecule has 96 valence electrons. The fourth-order valence-electron chi connectivity index (χ4n) is 0.958. The number of aliphatic hydroxyl groups is 1. The van der Waals surface area contributed by atoms with Gasteiger partial charge in [0, 0.05) is 6.54 Å². The van der Waals surface area contributed by atoms with Gasteiger partial charge in [0.2, 0.25) is 10.0 Å². The van der Waals surface area contributed by atoms with Gasteiger partial charge in [0.15, 0.2) is 0 Å². The summed E-state index contributed by atoms with van der Waals surface area (Å²) in [7, 11) is -4.03. The highest BCUT2D eigenvalue weighted by Gasteiger charge is 2.31. The molecule has 0 aromatic carbocycles. The summed E-state index contributed by atoms with van der Waals surface area (Å²) in [5.74, 6) is 0. The minimum absolute atomic E-state index is 0.294. The number of nitrogens with two attached hydrogens (primary N) is 1. The molecule has 0 saturated carbocycles. The molecule has 5 nitrogen and oxygen atoms in total. The number of alkyl halides is 2. The van der Waals surface area contributed by atoms with Gasteiger partial charge in [-0.25, -0.2) is 17.2 Å². The van der Waals surface area contributed by atoms with Gasteiger partial charge in [-0.05, 0) is 6.92 Å². The van der Waals surface area contributed by atoms with E-state index >= 15 is 0 Å². The fraction of sp³-hybridized carbons (Fsp3) is 0.857. The number of hydrogen-bond acceptors (Lipinski definition) is 4. The monoisotopic (exact) mass is 276 g/mol. The highest BCUT2D eigenvalue weighted by Crippen LogP contribution is 2.11. The molecule has 0 aromatic heterocycles. The number of sulfonamides is 1. The predicted molar refractivity (Wildman–Crippen MR) is 59.8 cm³/mol. The largest absolute Gasteiger partial charge is 0.395 e. The van der Waals surface area contributed by atoms with E-state index in [1.54, 1.807) is 0 Å². The highest BCUT2D eigenvalue weighted by molar-refractivity contribution is 7.92. The van der Waals surface area contributed by atoms with Gasteiger partial charge in [-0.15, -0.1) is 0 Å². The second-order valence-corrected chi connectivity index (χ2v) is 5.79. The predicted octanol–water partition coefficient (Wildman–Crippen LogP) is -0.450. The Bertz CT molecular complexity index is 335. The lowest BCUT2D eigenvalue weighted by atomic mass is 10.5. The second kappa shape index (κ2) is 6.38. The summed E-state index contributed by atoms with van der Waals surface area (Å²) < 4.78 is 48.2. The van der Waals surface area contributed by atoms with Gasteiger partial charge in [-0.2, -0.15) is 4.31 Å². The van der Waals surface area contributed by atoms with Crippen molar-refractivity contribution >= 4 is 27.2 Å². The summed E-state index contributed by atoms with van der Waals surface area (Å²) in [5.41, 5.74) is 5.16. The lowest BCUT2D eigenvalue weighted by molar-refractivity contribution is 0.113. The van der Waals surface area contributed by atoms with Gasteiger partial charge in [0.25, 0.3) is 6.43 Å². The van der Waals surface area contributed by atoms with Gasteiger partial charge in [0.1, 0.15) is 5.25 Å². The Morgan fingerprint density at radius 2 is 2.06 bits per heavy atom. The molecule has 0 aliphatic heterocycles. The molecule has 0 aliphatic carbocycles. The molecule has 1 unspecified atom stereocenters. The molecule has 9 heteroatoms. The molecule has 1 atom stereocenters. The van der Waals surface area contributed by atoms with Gasteiger partial charge in [-0.3, -0.25) is 0 Å². The molecule has 0 saturated heterocycles. The van der Waals surface area contributed by atoms with Crippen LogP contribution in [0.3, 0.4) is 0 Å². The quantitative estimate of drug-likeness (QED) is 0.615. The van der Waals surface area contributed by atoms with Crippen LogP contribution in [-0.2, 0) is 10.0 Å². The molecule has 0 heterocycles. The Balaban J connectivity index is 4.96. The molecule has 0 bridgehead atoms. The summed E-state index contributed by atoms with van der Waals surface area (Å²) in [6.45, 7) is -0.709. The number of thiocarbonyl (C=S) groups is 1. The standard InChI is InChI=1S/C7H14F2N2O3S2/c1-5(7(10)15)16(13,14)11(2-3-12)4-6(8)9/h5-6,12H,2-4H2,1H3,(H2,10,15). The number of aliphatic hydroxyl groups excluding tert-OH is 1. The maximum atomic E-state index is 12.2. The van der Waals surface area contributed by atoms with Gasteiger partial charge in [0.05, 0.1) is 18.1 Å². The van der Waals surface area contributed by atoms with E-state index in [-0.39, 0.29) is 4.99 Å². The van der Waals surface area contributed by atoms with Crippen molar-refractivity contribution in [3.8, 4) is 0 Å². The third-order valence-electron chi connectivity index (χ3n) is 1.90. The molecule has 0 radical (unpaired) electrons. The smallest absolute Gasteiger partial charge is 0.252 e. The molecule has 0 spiro atoms. The van der Waals surface area contributed by atoms with Crippen LogP contribution in [0.1, 0.15) is 6.92 Å². The van der Waals surface area contributed by atoms with Gasteiger partial charge < -0.3 is 10.8 Å². The minimum Gasteiger partial charge on any atom is -0.395 e. The minimum atomic E-state index is -4.03. The normalized spacial score (nSPS) is 14.4. The fourth-order valence-corrected chi connectivity index (χ4v) is 2.72. The van der Waals surface area contributed by atoms with Crippen molar-refractivity contribution in [3.63, 3.8) is 0 Å². The first-order valence-electron chi connectivity index (χ1n) is 4.40. The zero-order valence-corrected chi connectivity index (χ0v) is 10.3. The number of halogens is 2. The van der Waals surface area contributed by atoms with E-state index in [1.807, 2.05) is 0 Å². The Kier molecular flexibility index (Phi) is 6.23. The van der Waals surface area contributed by atoms with Gasteiger partial charge >= 0.3 is 0 Å². The van der Waals surface area contributed by atoms with E-state index in [1.165, 1.54) is 6.92 Å². The highest BCUT2D eigenvalue weighted by atomic mass is 32.2. The molecule has 0 fully saturated rings. The Hall–Kier alpha value is -0.380. The molecular weight excluding hydrogens is 262 g/mol. The van der Waals surface area contributed by atoms with Crippen LogP contribution >= 0.6 is 12.2 Å². The van der Waals surface area contributed by atoms with Crippen molar-refractivity contribution in [2.24, 2.45) is 5.73 Å². The lowest BCUT2D eigenvalue weighted by Crippen LogP contribution is -2.45. The van der Waals surface area contributed by atoms with Crippen LogP contribution in [0.5, 0.6) is 0 Å². The Morgan fingerprint density at radius 1 is 1.56 bits per heavy atom. The summed E-state index contributed by atoms with van der Waals surface area (Å²) in [5, 5.41) is 7.39. The topological polar surface area (TPSA) is 83.6 Å². The SMILES string of the molecule is CC(C(N)=S)S(=O)(=O)N(CCO)CC(F)F. The van der Waals surface area contributed by atoms with Crippen LogP contribution in [0.25, 0.3) is 0 Å². The van der Waals surface area contributed by atoms with Crippen LogP contribution in [0.4, 0.5) is 8.78 Å². The first-order valence-corrected chi connectivity index (χ1v) is 6.32. The lowest BCUT2D eigenvalue weighted by Gasteiger charge is -2.24. The molecule has 0 amide bonds. The molecule has 0 rings (SSSR count). The van der Waals surface area contributed by atoms with Crippen LogP contribution in [0, 0.1) is 0 Å². The molecule has 0 aromatic rings. The number of nitrogens with zero attached hydrogens (tertiary/aromatic N) is 1. The maximum absolute atomic E-state index is 12.2. The van der Waals surface area contributed by atoms with E-state index in [0.29, 0.717) is 4.31 Å². The summed E-state index contributed by atoms with van der Waals surface area (Å²) in [6, 6.07) is 0. The van der Waals surface area contributed by atoms with Crippen LogP contribution in [0.15, 0.2) is 0 Å². The Labute approximate surface area is 98.3 Å². The van der Waals surface area contributed by atoms with Crippen molar-refractivity contribution in [1.29, 1.82) is 0 Å². The molecule has 16 heavy (non-hydrogen) atoms. The summed E-state index contributed by atoms with van der Waals surface area (Å²) in [4.78, 5) is -0.294. The number of hydrogen-bond donors (Lipinski definition) is 2. The zero-order valence-electron chi connectivity index (χ0n) is 8.64.